The summed E-state index contributed by atoms with van der Waals surface area (Å²) >= 11 is 3.11. The van der Waals surface area contributed by atoms with Gasteiger partial charge in [0, 0.05) is 13.0 Å². The molecule has 3 heteroatoms. The zero-order chi connectivity index (χ0) is 11.1. The van der Waals surface area contributed by atoms with Crippen molar-refractivity contribution < 1.29 is 4.39 Å². The van der Waals surface area contributed by atoms with Gasteiger partial charge in [-0.25, -0.2) is 4.39 Å². The lowest BCUT2D eigenvalue weighted by Crippen LogP contribution is -2.14. The minimum absolute atomic E-state index is 0.224. The van der Waals surface area contributed by atoms with Crippen LogP contribution in [0.4, 0.5) is 4.39 Å². The second-order valence-electron chi connectivity index (χ2n) is 3.23. The smallest absolute Gasteiger partial charge is 0.137 e. The summed E-state index contributed by atoms with van der Waals surface area (Å²) in [5, 5.41) is 3.21. The van der Waals surface area contributed by atoms with Crippen molar-refractivity contribution in [3.05, 3.63) is 34.1 Å². The third-order valence-corrected chi connectivity index (χ3v) is 2.63. The SMILES string of the molecule is C#CCCCNCc1ccc(Br)c(F)c1. The Bertz CT molecular complexity index is 357. The highest BCUT2D eigenvalue weighted by Gasteiger charge is 1.99. The van der Waals surface area contributed by atoms with Gasteiger partial charge in [0.15, 0.2) is 0 Å². The van der Waals surface area contributed by atoms with Crippen molar-refractivity contribution in [1.82, 2.24) is 5.32 Å². The molecule has 0 saturated heterocycles. The maximum absolute atomic E-state index is 13.1. The van der Waals surface area contributed by atoms with Crippen molar-refractivity contribution in [2.45, 2.75) is 19.4 Å². The topological polar surface area (TPSA) is 12.0 Å². The van der Waals surface area contributed by atoms with Crippen molar-refractivity contribution in [3.8, 4) is 12.3 Å². The second-order valence-corrected chi connectivity index (χ2v) is 4.09. The maximum Gasteiger partial charge on any atom is 0.137 e. The van der Waals surface area contributed by atoms with E-state index in [2.05, 4.69) is 27.2 Å². The number of halogens is 2. The summed E-state index contributed by atoms with van der Waals surface area (Å²) in [5.41, 5.74) is 0.941. The van der Waals surface area contributed by atoms with E-state index >= 15 is 0 Å². The molecule has 1 nitrogen and oxygen atoms in total. The van der Waals surface area contributed by atoms with E-state index in [9.17, 15) is 4.39 Å². The van der Waals surface area contributed by atoms with E-state index in [1.807, 2.05) is 6.07 Å². The van der Waals surface area contributed by atoms with Crippen LogP contribution in [0.1, 0.15) is 18.4 Å². The Labute approximate surface area is 98.2 Å². The number of benzene rings is 1. The summed E-state index contributed by atoms with van der Waals surface area (Å²) in [4.78, 5) is 0. The van der Waals surface area contributed by atoms with Gasteiger partial charge in [0.25, 0.3) is 0 Å². The molecule has 1 N–H and O–H groups in total. The van der Waals surface area contributed by atoms with E-state index in [1.165, 1.54) is 6.07 Å². The fourth-order valence-electron chi connectivity index (χ4n) is 1.20. The van der Waals surface area contributed by atoms with Crippen LogP contribution < -0.4 is 5.32 Å². The molecule has 0 heterocycles. The number of terminal acetylenes is 1. The number of hydrogen-bond donors (Lipinski definition) is 1. The summed E-state index contributed by atoms with van der Waals surface area (Å²) in [5.74, 6) is 2.35. The minimum Gasteiger partial charge on any atom is -0.313 e. The van der Waals surface area contributed by atoms with Crippen molar-refractivity contribution in [2.24, 2.45) is 0 Å². The molecular formula is C12H13BrFN. The van der Waals surface area contributed by atoms with Crippen LogP contribution in [0.15, 0.2) is 22.7 Å². The molecule has 0 saturated carbocycles. The van der Waals surface area contributed by atoms with Gasteiger partial charge in [-0.15, -0.1) is 12.3 Å². The van der Waals surface area contributed by atoms with Gasteiger partial charge in [0.2, 0.25) is 0 Å². The average molecular weight is 270 g/mol. The van der Waals surface area contributed by atoms with Crippen molar-refractivity contribution in [3.63, 3.8) is 0 Å². The molecule has 1 aromatic rings. The van der Waals surface area contributed by atoms with Gasteiger partial charge in [0.1, 0.15) is 5.82 Å². The molecule has 0 aliphatic heterocycles. The molecule has 0 aliphatic rings. The van der Waals surface area contributed by atoms with Gasteiger partial charge in [-0.3, -0.25) is 0 Å². The van der Waals surface area contributed by atoms with Gasteiger partial charge < -0.3 is 5.32 Å². The lowest BCUT2D eigenvalue weighted by atomic mass is 10.2. The fourth-order valence-corrected chi connectivity index (χ4v) is 1.44. The average Bonchev–Trinajstić information content (AvgIpc) is 2.23. The highest BCUT2D eigenvalue weighted by atomic mass is 79.9. The molecule has 0 amide bonds. The molecule has 0 bridgehead atoms. The fraction of sp³-hybridized carbons (Fsp3) is 0.333. The van der Waals surface area contributed by atoms with Crippen LogP contribution in [0.3, 0.4) is 0 Å². The molecule has 0 radical (unpaired) electrons. The zero-order valence-corrected chi connectivity index (χ0v) is 9.98. The molecule has 1 aromatic carbocycles. The molecule has 1 rings (SSSR count). The summed E-state index contributed by atoms with van der Waals surface area (Å²) in [6.45, 7) is 1.54. The standard InChI is InChI=1S/C12H13BrFN/c1-2-3-4-7-15-9-10-5-6-11(13)12(14)8-10/h1,5-6,8,15H,3-4,7,9H2. The van der Waals surface area contributed by atoms with E-state index in [4.69, 9.17) is 6.42 Å². The van der Waals surface area contributed by atoms with Crippen LogP contribution in [0, 0.1) is 18.2 Å². The molecule has 80 valence electrons. The third kappa shape index (κ3) is 4.46. The lowest BCUT2D eigenvalue weighted by molar-refractivity contribution is 0.611. The van der Waals surface area contributed by atoms with Gasteiger partial charge in [-0.2, -0.15) is 0 Å². The minimum atomic E-state index is -0.224. The van der Waals surface area contributed by atoms with Crippen LogP contribution in [-0.4, -0.2) is 6.54 Å². The van der Waals surface area contributed by atoms with E-state index < -0.39 is 0 Å². The highest BCUT2D eigenvalue weighted by Crippen LogP contribution is 2.16. The van der Waals surface area contributed by atoms with Gasteiger partial charge >= 0.3 is 0 Å². The van der Waals surface area contributed by atoms with Gasteiger partial charge in [0.05, 0.1) is 4.47 Å². The van der Waals surface area contributed by atoms with E-state index in [0.717, 1.165) is 24.9 Å². The quantitative estimate of drug-likeness (QED) is 0.640. The number of hydrogen-bond acceptors (Lipinski definition) is 1. The maximum atomic E-state index is 13.1. The Balaban J connectivity index is 2.32. The lowest BCUT2D eigenvalue weighted by Gasteiger charge is -2.04. The van der Waals surface area contributed by atoms with E-state index in [1.54, 1.807) is 6.07 Å². The number of nitrogens with one attached hydrogen (secondary N) is 1. The van der Waals surface area contributed by atoms with Crippen molar-refractivity contribution in [1.29, 1.82) is 0 Å². The molecule has 0 spiro atoms. The zero-order valence-electron chi connectivity index (χ0n) is 8.39. The van der Waals surface area contributed by atoms with Crippen LogP contribution >= 0.6 is 15.9 Å². The van der Waals surface area contributed by atoms with Gasteiger partial charge in [-0.1, -0.05) is 6.07 Å². The molecule has 0 aliphatic carbocycles. The normalized spacial score (nSPS) is 9.93. The first-order valence-corrected chi connectivity index (χ1v) is 5.61. The first-order chi connectivity index (χ1) is 7.24. The summed E-state index contributed by atoms with van der Waals surface area (Å²) in [6.07, 6.45) is 6.86. The monoisotopic (exact) mass is 269 g/mol. The molecule has 0 unspecified atom stereocenters. The van der Waals surface area contributed by atoms with E-state index in [-0.39, 0.29) is 5.82 Å². The Morgan fingerprint density at radius 3 is 2.93 bits per heavy atom. The predicted octanol–water partition coefficient (Wildman–Crippen LogP) is 3.09. The molecule has 0 atom stereocenters. The van der Waals surface area contributed by atoms with Crippen LogP contribution in [-0.2, 0) is 6.54 Å². The molecular weight excluding hydrogens is 257 g/mol. The Kier molecular flexibility index (Phi) is 5.38. The highest BCUT2D eigenvalue weighted by molar-refractivity contribution is 9.10. The van der Waals surface area contributed by atoms with Crippen LogP contribution in [0.5, 0.6) is 0 Å². The number of unbranched alkanes of at least 4 members (excludes halogenated alkanes) is 1. The summed E-state index contributed by atoms with van der Waals surface area (Å²) in [6, 6.07) is 5.13. The first-order valence-electron chi connectivity index (χ1n) is 4.82. The predicted molar refractivity (Wildman–Crippen MR) is 63.9 cm³/mol. The second kappa shape index (κ2) is 6.60. The molecule has 0 fully saturated rings. The van der Waals surface area contributed by atoms with Crippen molar-refractivity contribution >= 4 is 15.9 Å². The van der Waals surface area contributed by atoms with Crippen molar-refractivity contribution in [2.75, 3.05) is 6.54 Å². The summed E-state index contributed by atoms with van der Waals surface area (Å²) in [7, 11) is 0. The Hall–Kier alpha value is -0.850. The molecule has 0 aromatic heterocycles. The Morgan fingerprint density at radius 1 is 1.47 bits per heavy atom. The number of rotatable bonds is 5. The van der Waals surface area contributed by atoms with Crippen LogP contribution in [0.2, 0.25) is 0 Å². The van der Waals surface area contributed by atoms with E-state index in [0.29, 0.717) is 11.0 Å². The Morgan fingerprint density at radius 2 is 2.27 bits per heavy atom. The third-order valence-electron chi connectivity index (χ3n) is 1.99. The van der Waals surface area contributed by atoms with Crippen LogP contribution in [0.25, 0.3) is 0 Å². The summed E-state index contributed by atoms with van der Waals surface area (Å²) < 4.78 is 13.6. The van der Waals surface area contributed by atoms with Gasteiger partial charge in [-0.05, 0) is 46.6 Å². The molecule has 15 heavy (non-hydrogen) atoms. The largest absolute Gasteiger partial charge is 0.313 e. The first kappa shape index (κ1) is 12.2.